The van der Waals surface area contributed by atoms with Crippen LogP contribution < -0.4 is 5.32 Å². The van der Waals surface area contributed by atoms with Crippen LogP contribution in [-0.4, -0.2) is 26.1 Å². The molecule has 0 aliphatic rings. The van der Waals surface area contributed by atoms with Crippen molar-refractivity contribution in [1.82, 2.24) is 25.5 Å². The molecule has 3 aromatic rings. The number of tetrazole rings is 1. The zero-order valence-corrected chi connectivity index (χ0v) is 13.0. The third-order valence-corrected chi connectivity index (χ3v) is 3.75. The number of carbonyl (C=O) groups excluding carboxylic acids is 1. The molecule has 0 fully saturated rings. The van der Waals surface area contributed by atoms with Crippen molar-refractivity contribution in [2.75, 3.05) is 0 Å². The number of rotatable bonds is 4. The van der Waals surface area contributed by atoms with Gasteiger partial charge in [0.1, 0.15) is 6.33 Å². The summed E-state index contributed by atoms with van der Waals surface area (Å²) in [6.45, 7) is 4.02. The Morgan fingerprint density at radius 3 is 2.52 bits per heavy atom. The molecule has 0 unspecified atom stereocenters. The van der Waals surface area contributed by atoms with Crippen molar-refractivity contribution >= 4 is 5.91 Å². The van der Waals surface area contributed by atoms with Gasteiger partial charge in [-0.05, 0) is 59.7 Å². The Bertz CT molecular complexity index is 796. The molecule has 1 amide bonds. The molecule has 0 radical (unpaired) electrons. The van der Waals surface area contributed by atoms with Crippen molar-refractivity contribution < 1.29 is 4.79 Å². The number of carbonyl (C=O) groups is 1. The van der Waals surface area contributed by atoms with E-state index in [1.165, 1.54) is 11.0 Å². The molecule has 23 heavy (non-hydrogen) atoms. The van der Waals surface area contributed by atoms with Gasteiger partial charge >= 0.3 is 0 Å². The van der Waals surface area contributed by atoms with Crippen LogP contribution in [0.4, 0.5) is 0 Å². The van der Waals surface area contributed by atoms with Crippen molar-refractivity contribution in [3.63, 3.8) is 0 Å². The van der Waals surface area contributed by atoms with Crippen molar-refractivity contribution in [3.8, 4) is 5.69 Å². The predicted molar refractivity (Wildman–Crippen MR) is 86.2 cm³/mol. The molecule has 1 heterocycles. The summed E-state index contributed by atoms with van der Waals surface area (Å²) in [4.78, 5) is 12.4. The lowest BCUT2D eigenvalue weighted by Gasteiger charge is -2.16. The summed E-state index contributed by atoms with van der Waals surface area (Å²) in [5.74, 6) is -0.107. The molecule has 1 aromatic heterocycles. The molecular formula is C17H17N5O. The summed E-state index contributed by atoms with van der Waals surface area (Å²) in [7, 11) is 0. The van der Waals surface area contributed by atoms with Crippen LogP contribution in [0.5, 0.6) is 0 Å². The fraction of sp³-hybridized carbons (Fsp3) is 0.176. The molecule has 116 valence electrons. The molecule has 0 saturated heterocycles. The maximum Gasteiger partial charge on any atom is 0.251 e. The van der Waals surface area contributed by atoms with Gasteiger partial charge in [-0.15, -0.1) is 5.10 Å². The van der Waals surface area contributed by atoms with Gasteiger partial charge in [-0.2, -0.15) is 0 Å². The van der Waals surface area contributed by atoms with Crippen LogP contribution in [0.2, 0.25) is 0 Å². The second-order valence-corrected chi connectivity index (χ2v) is 5.35. The molecular weight excluding hydrogens is 290 g/mol. The highest BCUT2D eigenvalue weighted by atomic mass is 16.1. The molecule has 1 N–H and O–H groups in total. The van der Waals surface area contributed by atoms with Gasteiger partial charge in [-0.3, -0.25) is 4.79 Å². The van der Waals surface area contributed by atoms with Crippen molar-refractivity contribution in [2.45, 2.75) is 19.9 Å². The van der Waals surface area contributed by atoms with E-state index < -0.39 is 0 Å². The van der Waals surface area contributed by atoms with Gasteiger partial charge in [-0.1, -0.05) is 24.3 Å². The van der Waals surface area contributed by atoms with Crippen molar-refractivity contribution in [3.05, 3.63) is 71.5 Å². The third kappa shape index (κ3) is 3.26. The Morgan fingerprint density at radius 1 is 1.13 bits per heavy atom. The Kier molecular flexibility index (Phi) is 4.14. The van der Waals surface area contributed by atoms with Gasteiger partial charge in [0.05, 0.1) is 11.7 Å². The van der Waals surface area contributed by atoms with Gasteiger partial charge in [0.25, 0.3) is 5.91 Å². The molecule has 2 aromatic carbocycles. The summed E-state index contributed by atoms with van der Waals surface area (Å²) in [5.41, 5.74) is 3.68. The number of hydrogen-bond donors (Lipinski definition) is 1. The van der Waals surface area contributed by atoms with Gasteiger partial charge in [0, 0.05) is 5.56 Å². The van der Waals surface area contributed by atoms with E-state index in [9.17, 15) is 4.79 Å². The maximum absolute atomic E-state index is 12.4. The second-order valence-electron chi connectivity index (χ2n) is 5.35. The van der Waals surface area contributed by atoms with Crippen LogP contribution in [0.25, 0.3) is 5.69 Å². The fourth-order valence-electron chi connectivity index (χ4n) is 2.48. The lowest BCUT2D eigenvalue weighted by Crippen LogP contribution is -2.27. The van der Waals surface area contributed by atoms with Gasteiger partial charge < -0.3 is 5.32 Å². The highest BCUT2D eigenvalue weighted by Crippen LogP contribution is 2.17. The number of aryl methyl sites for hydroxylation is 1. The van der Waals surface area contributed by atoms with E-state index in [-0.39, 0.29) is 11.9 Å². The third-order valence-electron chi connectivity index (χ3n) is 3.75. The first-order chi connectivity index (χ1) is 11.1. The number of amides is 1. The molecule has 6 nitrogen and oxygen atoms in total. The van der Waals surface area contributed by atoms with Gasteiger partial charge in [0.2, 0.25) is 0 Å². The van der Waals surface area contributed by atoms with Crippen LogP contribution in [-0.2, 0) is 0 Å². The highest BCUT2D eigenvalue weighted by molar-refractivity contribution is 5.94. The van der Waals surface area contributed by atoms with Crippen LogP contribution in [0.15, 0.2) is 54.9 Å². The molecule has 6 heteroatoms. The Labute approximate surface area is 134 Å². The largest absolute Gasteiger partial charge is 0.346 e. The zero-order valence-electron chi connectivity index (χ0n) is 13.0. The lowest BCUT2D eigenvalue weighted by molar-refractivity contribution is 0.0940. The summed E-state index contributed by atoms with van der Waals surface area (Å²) < 4.78 is 1.54. The van der Waals surface area contributed by atoms with Crippen LogP contribution >= 0.6 is 0 Å². The van der Waals surface area contributed by atoms with Crippen molar-refractivity contribution in [1.29, 1.82) is 0 Å². The van der Waals surface area contributed by atoms with Gasteiger partial charge in [-0.25, -0.2) is 4.68 Å². The molecule has 0 aliphatic carbocycles. The summed E-state index contributed by atoms with van der Waals surface area (Å²) in [5, 5.41) is 14.0. The van der Waals surface area contributed by atoms with Crippen molar-refractivity contribution in [2.24, 2.45) is 0 Å². The normalized spacial score (nSPS) is 11.9. The number of nitrogens with zero attached hydrogens (tertiary/aromatic N) is 4. The predicted octanol–water partition coefficient (Wildman–Crippen LogP) is 2.46. The second kappa shape index (κ2) is 6.39. The van der Waals surface area contributed by atoms with Crippen LogP contribution in [0.3, 0.4) is 0 Å². The highest BCUT2D eigenvalue weighted by Gasteiger charge is 2.13. The van der Waals surface area contributed by atoms with Crippen LogP contribution in [0, 0.1) is 6.92 Å². The first-order valence-electron chi connectivity index (χ1n) is 7.35. The molecule has 0 bridgehead atoms. The number of hydrogen-bond acceptors (Lipinski definition) is 4. The van der Waals surface area contributed by atoms with E-state index in [1.807, 2.05) is 50.2 Å². The Hall–Kier alpha value is -3.02. The van der Waals surface area contributed by atoms with E-state index in [1.54, 1.807) is 12.1 Å². The quantitative estimate of drug-likeness (QED) is 0.803. The SMILES string of the molecule is Cc1ccccc1[C@@H](C)NC(=O)c1ccc(-n2cnnn2)cc1. The smallest absolute Gasteiger partial charge is 0.251 e. The monoisotopic (exact) mass is 307 g/mol. The summed E-state index contributed by atoms with van der Waals surface area (Å²) in [6, 6.07) is 15.1. The zero-order chi connectivity index (χ0) is 16.2. The average molecular weight is 307 g/mol. The number of nitrogens with one attached hydrogen (secondary N) is 1. The minimum atomic E-state index is -0.107. The lowest BCUT2D eigenvalue weighted by atomic mass is 10.0. The molecule has 0 aliphatic heterocycles. The van der Waals surface area contributed by atoms with E-state index in [0.29, 0.717) is 5.56 Å². The topological polar surface area (TPSA) is 72.7 Å². The Balaban J connectivity index is 1.72. The minimum Gasteiger partial charge on any atom is -0.346 e. The average Bonchev–Trinajstić information content (AvgIpc) is 3.09. The molecule has 0 saturated carbocycles. The maximum atomic E-state index is 12.4. The summed E-state index contributed by atoms with van der Waals surface area (Å²) in [6.07, 6.45) is 1.51. The fourth-order valence-corrected chi connectivity index (χ4v) is 2.48. The molecule has 3 rings (SSSR count). The van der Waals surface area contributed by atoms with E-state index in [4.69, 9.17) is 0 Å². The van der Waals surface area contributed by atoms with E-state index in [0.717, 1.165) is 16.8 Å². The van der Waals surface area contributed by atoms with Crippen LogP contribution in [0.1, 0.15) is 34.5 Å². The first kappa shape index (κ1) is 14.9. The molecule has 0 spiro atoms. The van der Waals surface area contributed by atoms with E-state index in [2.05, 4.69) is 20.8 Å². The molecule has 1 atom stereocenters. The van der Waals surface area contributed by atoms with E-state index >= 15 is 0 Å². The standard InChI is InChI=1S/C17H17N5O/c1-12-5-3-4-6-16(12)13(2)19-17(23)14-7-9-15(10-8-14)22-11-18-20-21-22/h3-11,13H,1-2H3,(H,19,23)/t13-/m1/s1. The summed E-state index contributed by atoms with van der Waals surface area (Å²) >= 11 is 0. The number of benzene rings is 2. The first-order valence-corrected chi connectivity index (χ1v) is 7.35. The number of aromatic nitrogens is 4. The Morgan fingerprint density at radius 2 is 1.87 bits per heavy atom. The minimum absolute atomic E-state index is 0.0529. The van der Waals surface area contributed by atoms with Gasteiger partial charge in [0.15, 0.2) is 0 Å².